The van der Waals surface area contributed by atoms with Crippen molar-refractivity contribution in [1.29, 1.82) is 0 Å². The minimum atomic E-state index is 0.248. The highest BCUT2D eigenvalue weighted by atomic mass is 16.5. The lowest BCUT2D eigenvalue weighted by molar-refractivity contribution is 0.0266. The molecule has 1 unspecified atom stereocenters. The van der Waals surface area contributed by atoms with Crippen LogP contribution < -0.4 is 16.0 Å². The number of aliphatic imine (C=N–C) groups is 1. The first-order chi connectivity index (χ1) is 13.6. The fourth-order valence-electron chi connectivity index (χ4n) is 2.93. The molecule has 0 spiro atoms. The van der Waals surface area contributed by atoms with E-state index in [1.165, 1.54) is 0 Å². The van der Waals surface area contributed by atoms with Gasteiger partial charge >= 0.3 is 0 Å². The van der Waals surface area contributed by atoms with Crippen molar-refractivity contribution >= 4 is 22.8 Å². The van der Waals surface area contributed by atoms with Crippen molar-refractivity contribution in [1.82, 2.24) is 30.4 Å². The van der Waals surface area contributed by atoms with Crippen molar-refractivity contribution < 1.29 is 4.74 Å². The smallest absolute Gasteiger partial charge is 0.191 e. The molecule has 0 radical (unpaired) electrons. The number of ether oxygens (including phenoxy) is 1. The molecule has 9 heteroatoms. The number of rotatable bonds is 11. The summed E-state index contributed by atoms with van der Waals surface area (Å²) in [6.07, 6.45) is 4.49. The van der Waals surface area contributed by atoms with Crippen LogP contribution in [0.5, 0.6) is 0 Å². The summed E-state index contributed by atoms with van der Waals surface area (Å²) in [5.74, 6) is 2.10. The summed E-state index contributed by atoms with van der Waals surface area (Å²) in [4.78, 5) is 13.2. The molecule has 9 nitrogen and oxygen atoms in total. The van der Waals surface area contributed by atoms with Gasteiger partial charge in [0.25, 0.3) is 0 Å². The number of guanidine groups is 1. The standard InChI is InChI=1S/C19H34N8O/c1-6-20-19(22-9-8-16(14(3)4)28-7-2)23-11-10-21-17-15-12-26-27(5)18(15)25-13-24-17/h12-14,16H,6-11H2,1-5H3,(H2,20,22,23)(H,21,24,25). The molecule has 0 aliphatic carbocycles. The molecule has 156 valence electrons. The largest absolute Gasteiger partial charge is 0.378 e. The average Bonchev–Trinajstić information content (AvgIpc) is 3.06. The van der Waals surface area contributed by atoms with E-state index in [1.807, 2.05) is 14.0 Å². The van der Waals surface area contributed by atoms with E-state index >= 15 is 0 Å². The van der Waals surface area contributed by atoms with Crippen LogP contribution in [0.15, 0.2) is 17.5 Å². The molecule has 0 aliphatic heterocycles. The van der Waals surface area contributed by atoms with Gasteiger partial charge in [-0.25, -0.2) is 9.97 Å². The number of aromatic nitrogens is 4. The predicted molar refractivity (Wildman–Crippen MR) is 114 cm³/mol. The Morgan fingerprint density at radius 3 is 2.75 bits per heavy atom. The van der Waals surface area contributed by atoms with Crippen molar-refractivity contribution in [2.24, 2.45) is 18.0 Å². The van der Waals surface area contributed by atoms with Gasteiger partial charge in [-0.3, -0.25) is 9.67 Å². The summed E-state index contributed by atoms with van der Waals surface area (Å²) < 4.78 is 7.53. The predicted octanol–water partition coefficient (Wildman–Crippen LogP) is 1.78. The highest BCUT2D eigenvalue weighted by Gasteiger charge is 2.12. The summed E-state index contributed by atoms with van der Waals surface area (Å²) in [6.45, 7) is 12.2. The zero-order chi connectivity index (χ0) is 20.4. The molecule has 2 aromatic heterocycles. The van der Waals surface area contributed by atoms with Crippen LogP contribution in [-0.4, -0.2) is 64.6 Å². The molecule has 3 N–H and O–H groups in total. The number of hydrogen-bond donors (Lipinski definition) is 3. The zero-order valence-corrected chi connectivity index (χ0v) is 17.7. The van der Waals surface area contributed by atoms with Crippen molar-refractivity contribution in [3.63, 3.8) is 0 Å². The number of hydrogen-bond acceptors (Lipinski definition) is 6. The zero-order valence-electron chi connectivity index (χ0n) is 17.7. The van der Waals surface area contributed by atoms with Crippen LogP contribution in [0.3, 0.4) is 0 Å². The van der Waals surface area contributed by atoms with E-state index in [1.54, 1.807) is 17.2 Å². The molecular formula is C19H34N8O. The van der Waals surface area contributed by atoms with Crippen molar-refractivity contribution in [2.75, 3.05) is 38.1 Å². The van der Waals surface area contributed by atoms with E-state index in [9.17, 15) is 0 Å². The molecule has 28 heavy (non-hydrogen) atoms. The average molecular weight is 391 g/mol. The van der Waals surface area contributed by atoms with Gasteiger partial charge in [0.05, 0.1) is 17.7 Å². The Morgan fingerprint density at radius 2 is 2.04 bits per heavy atom. The topological polar surface area (TPSA) is 101 Å². The minimum Gasteiger partial charge on any atom is -0.378 e. The Hall–Kier alpha value is -2.42. The molecule has 0 fully saturated rings. The van der Waals surface area contributed by atoms with Crippen molar-refractivity contribution in [2.45, 2.75) is 40.2 Å². The lowest BCUT2D eigenvalue weighted by Crippen LogP contribution is -2.39. The molecule has 0 aromatic carbocycles. The number of nitrogens with zero attached hydrogens (tertiary/aromatic N) is 5. The molecular weight excluding hydrogens is 356 g/mol. The molecule has 0 bridgehead atoms. The minimum absolute atomic E-state index is 0.248. The molecule has 2 aromatic rings. The summed E-state index contributed by atoms with van der Waals surface area (Å²) in [5.41, 5.74) is 0.814. The van der Waals surface area contributed by atoms with Crippen LogP contribution in [-0.2, 0) is 11.8 Å². The number of aryl methyl sites for hydroxylation is 1. The number of anilines is 1. The van der Waals surface area contributed by atoms with Gasteiger partial charge in [-0.1, -0.05) is 13.8 Å². The first kappa shape index (κ1) is 21.9. The third-order valence-corrected chi connectivity index (χ3v) is 4.39. The maximum Gasteiger partial charge on any atom is 0.191 e. The quantitative estimate of drug-likeness (QED) is 0.305. The Kier molecular flexibility index (Phi) is 8.93. The van der Waals surface area contributed by atoms with Gasteiger partial charge in [0.1, 0.15) is 12.1 Å². The van der Waals surface area contributed by atoms with Gasteiger partial charge in [-0.15, -0.1) is 0 Å². The van der Waals surface area contributed by atoms with Crippen LogP contribution in [0.1, 0.15) is 34.1 Å². The van der Waals surface area contributed by atoms with E-state index in [-0.39, 0.29) is 6.10 Å². The van der Waals surface area contributed by atoms with E-state index in [0.717, 1.165) is 55.5 Å². The third kappa shape index (κ3) is 6.33. The lowest BCUT2D eigenvalue weighted by atomic mass is 10.0. The Morgan fingerprint density at radius 1 is 1.21 bits per heavy atom. The number of nitrogens with one attached hydrogen (secondary N) is 3. The summed E-state index contributed by atoms with van der Waals surface area (Å²) >= 11 is 0. The molecule has 2 heterocycles. The van der Waals surface area contributed by atoms with Gasteiger partial charge in [0.15, 0.2) is 11.6 Å². The normalized spacial score (nSPS) is 13.1. The second-order valence-corrected chi connectivity index (χ2v) is 6.87. The summed E-state index contributed by atoms with van der Waals surface area (Å²) in [7, 11) is 1.87. The van der Waals surface area contributed by atoms with E-state index in [0.29, 0.717) is 12.5 Å². The summed E-state index contributed by atoms with van der Waals surface area (Å²) in [5, 5.41) is 15.1. The molecule has 0 saturated carbocycles. The number of fused-ring (bicyclic) bond motifs is 1. The molecule has 0 amide bonds. The molecule has 2 rings (SSSR count). The van der Waals surface area contributed by atoms with Gasteiger partial charge in [-0.05, 0) is 26.2 Å². The Bertz CT molecular complexity index is 743. The maximum atomic E-state index is 5.79. The first-order valence-electron chi connectivity index (χ1n) is 10.1. The van der Waals surface area contributed by atoms with Crippen LogP contribution in [0.25, 0.3) is 11.0 Å². The second kappa shape index (κ2) is 11.4. The Balaban J connectivity index is 1.82. The molecule has 1 atom stereocenters. The van der Waals surface area contributed by atoms with Crippen LogP contribution >= 0.6 is 0 Å². The highest BCUT2D eigenvalue weighted by molar-refractivity contribution is 5.86. The van der Waals surface area contributed by atoms with E-state index in [2.05, 4.69) is 56.8 Å². The fraction of sp³-hybridized carbons (Fsp3) is 0.684. The van der Waals surface area contributed by atoms with Gasteiger partial charge in [0.2, 0.25) is 0 Å². The van der Waals surface area contributed by atoms with Crippen LogP contribution in [0, 0.1) is 5.92 Å². The Labute approximate surface area is 167 Å². The summed E-state index contributed by atoms with van der Waals surface area (Å²) in [6, 6.07) is 0. The SMILES string of the molecule is CCNC(=NCCC(OCC)C(C)C)NCCNc1ncnc2c1cnn2C. The molecule has 0 aliphatic rings. The van der Waals surface area contributed by atoms with E-state index < -0.39 is 0 Å². The highest BCUT2D eigenvalue weighted by Crippen LogP contribution is 2.17. The van der Waals surface area contributed by atoms with Crippen LogP contribution in [0.4, 0.5) is 5.82 Å². The molecule has 0 saturated heterocycles. The van der Waals surface area contributed by atoms with Gasteiger partial charge < -0.3 is 20.7 Å². The first-order valence-corrected chi connectivity index (χ1v) is 10.1. The second-order valence-electron chi connectivity index (χ2n) is 6.87. The van der Waals surface area contributed by atoms with Crippen molar-refractivity contribution in [3.05, 3.63) is 12.5 Å². The van der Waals surface area contributed by atoms with E-state index in [4.69, 9.17) is 4.74 Å². The monoisotopic (exact) mass is 390 g/mol. The van der Waals surface area contributed by atoms with Crippen LogP contribution in [0.2, 0.25) is 0 Å². The maximum absolute atomic E-state index is 5.79. The van der Waals surface area contributed by atoms with Gasteiger partial charge in [-0.2, -0.15) is 5.10 Å². The third-order valence-electron chi connectivity index (χ3n) is 4.39. The van der Waals surface area contributed by atoms with Gasteiger partial charge in [0, 0.05) is 39.8 Å². The van der Waals surface area contributed by atoms with Crippen molar-refractivity contribution in [3.8, 4) is 0 Å². The lowest BCUT2D eigenvalue weighted by Gasteiger charge is -2.20. The fourth-order valence-corrected chi connectivity index (χ4v) is 2.93.